The monoisotopic (exact) mass is 183 g/mol. The molecular weight excluding hydrogens is 174 g/mol. The highest BCUT2D eigenvalue weighted by Crippen LogP contribution is 2.21. The number of hydrogen-bond donors (Lipinski definition) is 1. The lowest BCUT2D eigenvalue weighted by Gasteiger charge is -2.11. The number of rotatable bonds is 3. The normalized spacial score (nSPS) is 12.2. The summed E-state index contributed by atoms with van der Waals surface area (Å²) < 4.78 is 0. The number of benzene rings is 1. The fourth-order valence-electron chi connectivity index (χ4n) is 1.02. The molecule has 0 unspecified atom stereocenters. The SMILES string of the molecule is C[C@H](NC=O)c1ccccc1Cl. The number of carbonyl (C=O) groups excluding carboxylic acids is 1. The standard InChI is InChI=1S/C9H10ClNO/c1-7(11-6-12)8-4-2-3-5-9(8)10/h2-7H,1H3,(H,11,12)/t7-/m0/s1. The van der Waals surface area contributed by atoms with Crippen LogP contribution in [0, 0.1) is 0 Å². The molecule has 1 N–H and O–H groups in total. The first kappa shape index (κ1) is 9.07. The number of nitrogens with one attached hydrogen (secondary N) is 1. The Morgan fingerprint density at radius 1 is 1.50 bits per heavy atom. The lowest BCUT2D eigenvalue weighted by molar-refractivity contribution is -0.110. The van der Waals surface area contributed by atoms with Gasteiger partial charge in [0.2, 0.25) is 6.41 Å². The van der Waals surface area contributed by atoms with Crippen molar-refractivity contribution in [1.82, 2.24) is 5.32 Å². The lowest BCUT2D eigenvalue weighted by atomic mass is 10.1. The zero-order valence-electron chi connectivity index (χ0n) is 6.75. The quantitative estimate of drug-likeness (QED) is 0.715. The summed E-state index contributed by atoms with van der Waals surface area (Å²) in [5, 5.41) is 3.32. The third kappa shape index (κ3) is 1.98. The van der Waals surface area contributed by atoms with E-state index < -0.39 is 0 Å². The van der Waals surface area contributed by atoms with Crippen LogP contribution in [0.3, 0.4) is 0 Å². The van der Waals surface area contributed by atoms with Crippen molar-refractivity contribution in [2.45, 2.75) is 13.0 Å². The van der Waals surface area contributed by atoms with Crippen molar-refractivity contribution in [3.8, 4) is 0 Å². The van der Waals surface area contributed by atoms with Crippen LogP contribution in [0.2, 0.25) is 5.02 Å². The average Bonchev–Trinajstić information content (AvgIpc) is 2.05. The van der Waals surface area contributed by atoms with Crippen molar-refractivity contribution in [2.75, 3.05) is 0 Å². The molecule has 1 aromatic rings. The molecule has 0 aliphatic carbocycles. The molecule has 0 saturated heterocycles. The fourth-order valence-corrected chi connectivity index (χ4v) is 1.32. The Hall–Kier alpha value is -1.02. The van der Waals surface area contributed by atoms with E-state index in [4.69, 9.17) is 11.6 Å². The van der Waals surface area contributed by atoms with E-state index in [1.165, 1.54) is 0 Å². The molecule has 1 atom stereocenters. The topological polar surface area (TPSA) is 29.1 Å². The first-order valence-corrected chi connectivity index (χ1v) is 4.07. The highest BCUT2D eigenvalue weighted by Gasteiger charge is 2.06. The van der Waals surface area contributed by atoms with Gasteiger partial charge in [0.1, 0.15) is 0 Å². The van der Waals surface area contributed by atoms with E-state index in [-0.39, 0.29) is 6.04 Å². The Bertz CT molecular complexity index is 275. The van der Waals surface area contributed by atoms with E-state index in [1.54, 1.807) is 6.07 Å². The van der Waals surface area contributed by atoms with E-state index >= 15 is 0 Å². The molecule has 3 heteroatoms. The van der Waals surface area contributed by atoms with Gasteiger partial charge in [-0.1, -0.05) is 29.8 Å². The van der Waals surface area contributed by atoms with E-state index in [9.17, 15) is 4.79 Å². The second kappa shape index (κ2) is 4.12. The van der Waals surface area contributed by atoms with Gasteiger partial charge < -0.3 is 5.32 Å². The van der Waals surface area contributed by atoms with Crippen LogP contribution in [0.1, 0.15) is 18.5 Å². The summed E-state index contributed by atoms with van der Waals surface area (Å²) in [6.07, 6.45) is 0.675. The van der Waals surface area contributed by atoms with Gasteiger partial charge in [-0.25, -0.2) is 0 Å². The van der Waals surface area contributed by atoms with Crippen molar-refractivity contribution >= 4 is 18.0 Å². The lowest BCUT2D eigenvalue weighted by Crippen LogP contribution is -2.16. The third-order valence-corrected chi connectivity index (χ3v) is 2.03. The molecule has 1 rings (SSSR count). The minimum atomic E-state index is -0.0313. The maximum atomic E-state index is 10.1. The zero-order valence-corrected chi connectivity index (χ0v) is 7.51. The molecular formula is C9H10ClNO. The largest absolute Gasteiger partial charge is 0.352 e. The predicted molar refractivity (Wildman–Crippen MR) is 49.1 cm³/mol. The van der Waals surface area contributed by atoms with E-state index in [0.29, 0.717) is 11.4 Å². The molecule has 0 radical (unpaired) electrons. The molecule has 0 fully saturated rings. The van der Waals surface area contributed by atoms with E-state index in [2.05, 4.69) is 5.32 Å². The van der Waals surface area contributed by atoms with Crippen molar-refractivity contribution < 1.29 is 4.79 Å². The summed E-state index contributed by atoms with van der Waals surface area (Å²) in [5.74, 6) is 0. The number of carbonyl (C=O) groups is 1. The molecule has 2 nitrogen and oxygen atoms in total. The van der Waals surface area contributed by atoms with Crippen molar-refractivity contribution in [3.63, 3.8) is 0 Å². The first-order chi connectivity index (χ1) is 5.75. The Morgan fingerprint density at radius 2 is 2.17 bits per heavy atom. The third-order valence-electron chi connectivity index (χ3n) is 1.69. The Labute approximate surface area is 76.5 Å². The Balaban J connectivity index is 2.86. The maximum absolute atomic E-state index is 10.1. The van der Waals surface area contributed by atoms with Crippen molar-refractivity contribution in [2.24, 2.45) is 0 Å². The maximum Gasteiger partial charge on any atom is 0.207 e. The van der Waals surface area contributed by atoms with Gasteiger partial charge in [-0.2, -0.15) is 0 Å². The second-order valence-electron chi connectivity index (χ2n) is 2.53. The summed E-state index contributed by atoms with van der Waals surface area (Å²) in [6.45, 7) is 1.88. The average molecular weight is 184 g/mol. The molecule has 0 aromatic heterocycles. The van der Waals surface area contributed by atoms with Crippen molar-refractivity contribution in [1.29, 1.82) is 0 Å². The van der Waals surface area contributed by atoms with Crippen LogP contribution < -0.4 is 5.32 Å². The van der Waals surface area contributed by atoms with Gasteiger partial charge in [0.15, 0.2) is 0 Å². The van der Waals surface area contributed by atoms with E-state index in [0.717, 1.165) is 5.56 Å². The van der Waals surface area contributed by atoms with E-state index in [1.807, 2.05) is 25.1 Å². The summed E-state index contributed by atoms with van der Waals surface area (Å²) in [7, 11) is 0. The fraction of sp³-hybridized carbons (Fsp3) is 0.222. The molecule has 0 saturated carbocycles. The van der Waals surface area contributed by atoms with Gasteiger partial charge in [0.05, 0.1) is 6.04 Å². The zero-order chi connectivity index (χ0) is 8.97. The molecule has 0 spiro atoms. The molecule has 0 aliphatic rings. The Kier molecular flexibility index (Phi) is 3.11. The van der Waals surface area contributed by atoms with Crippen LogP contribution in [0.15, 0.2) is 24.3 Å². The summed E-state index contributed by atoms with van der Waals surface area (Å²) >= 11 is 5.90. The number of amides is 1. The molecule has 64 valence electrons. The second-order valence-corrected chi connectivity index (χ2v) is 2.93. The van der Waals surface area contributed by atoms with Crippen LogP contribution in [0.4, 0.5) is 0 Å². The van der Waals surface area contributed by atoms with Crippen LogP contribution >= 0.6 is 11.6 Å². The van der Waals surface area contributed by atoms with Crippen LogP contribution in [0.25, 0.3) is 0 Å². The van der Waals surface area contributed by atoms with Gasteiger partial charge in [-0.15, -0.1) is 0 Å². The summed E-state index contributed by atoms with van der Waals surface area (Å²) in [6, 6.07) is 7.42. The first-order valence-electron chi connectivity index (χ1n) is 3.70. The molecule has 1 aromatic carbocycles. The highest BCUT2D eigenvalue weighted by molar-refractivity contribution is 6.31. The summed E-state index contributed by atoms with van der Waals surface area (Å²) in [5.41, 5.74) is 0.936. The summed E-state index contributed by atoms with van der Waals surface area (Å²) in [4.78, 5) is 10.1. The van der Waals surface area contributed by atoms with Gasteiger partial charge in [0, 0.05) is 5.02 Å². The smallest absolute Gasteiger partial charge is 0.207 e. The minimum absolute atomic E-state index is 0.0313. The van der Waals surface area contributed by atoms with Crippen molar-refractivity contribution in [3.05, 3.63) is 34.9 Å². The van der Waals surface area contributed by atoms with Crippen LogP contribution in [-0.2, 0) is 4.79 Å². The van der Waals surface area contributed by atoms with Gasteiger partial charge in [0.25, 0.3) is 0 Å². The molecule has 0 heterocycles. The number of hydrogen-bond acceptors (Lipinski definition) is 1. The molecule has 0 bridgehead atoms. The van der Waals surface area contributed by atoms with Crippen LogP contribution in [0.5, 0.6) is 0 Å². The molecule has 0 aliphatic heterocycles. The Morgan fingerprint density at radius 3 is 2.75 bits per heavy atom. The van der Waals surface area contributed by atoms with Crippen LogP contribution in [-0.4, -0.2) is 6.41 Å². The minimum Gasteiger partial charge on any atom is -0.352 e. The van der Waals surface area contributed by atoms with Gasteiger partial charge >= 0.3 is 0 Å². The predicted octanol–water partition coefficient (Wildman–Crippen LogP) is 2.15. The number of halogens is 1. The molecule has 1 amide bonds. The van der Waals surface area contributed by atoms with Gasteiger partial charge in [-0.3, -0.25) is 4.79 Å². The molecule has 12 heavy (non-hydrogen) atoms. The highest BCUT2D eigenvalue weighted by atomic mass is 35.5. The van der Waals surface area contributed by atoms with Gasteiger partial charge in [-0.05, 0) is 18.6 Å².